The Kier molecular flexibility index (Phi) is 5.87. The van der Waals surface area contributed by atoms with E-state index in [1.165, 1.54) is 23.1 Å². The van der Waals surface area contributed by atoms with Gasteiger partial charge in [0.25, 0.3) is 5.56 Å². The number of thiazole rings is 1. The second-order valence-corrected chi connectivity index (χ2v) is 9.21. The number of anilines is 1. The Balaban J connectivity index is 1.67. The Morgan fingerprint density at radius 3 is 2.80 bits per heavy atom. The summed E-state index contributed by atoms with van der Waals surface area (Å²) < 4.78 is 3.54. The fourth-order valence-corrected chi connectivity index (χ4v) is 4.56. The molecule has 30 heavy (non-hydrogen) atoms. The quantitative estimate of drug-likeness (QED) is 0.440. The summed E-state index contributed by atoms with van der Waals surface area (Å²) in [5, 5.41) is 15.0. The molecule has 1 amide bonds. The maximum atomic E-state index is 13.0. The minimum absolute atomic E-state index is 0.0698. The first-order chi connectivity index (χ1) is 14.4. The fourth-order valence-electron chi connectivity index (χ4n) is 3.11. The van der Waals surface area contributed by atoms with Gasteiger partial charge in [0.15, 0.2) is 10.3 Å². The lowest BCUT2D eigenvalue weighted by Gasteiger charge is -2.12. The second-order valence-electron chi connectivity index (χ2n) is 7.41. The van der Waals surface area contributed by atoms with Crippen molar-refractivity contribution in [3.8, 4) is 0 Å². The lowest BCUT2D eigenvalue weighted by atomic mass is 10.1. The van der Waals surface area contributed by atoms with E-state index >= 15 is 0 Å². The summed E-state index contributed by atoms with van der Waals surface area (Å²) in [6, 6.07) is 7.42. The normalized spacial score (nSPS) is 11.6. The Morgan fingerprint density at radius 2 is 2.07 bits per heavy atom. The van der Waals surface area contributed by atoms with E-state index in [2.05, 4.69) is 34.3 Å². The Bertz CT molecular complexity index is 1270. The Hall–Kier alpha value is -2.72. The molecule has 0 aliphatic heterocycles. The van der Waals surface area contributed by atoms with E-state index in [0.717, 1.165) is 17.6 Å². The zero-order valence-electron chi connectivity index (χ0n) is 17.0. The lowest BCUT2D eigenvalue weighted by molar-refractivity contribution is -0.113. The number of carbonyl (C=O) groups excluding carboxylic acids is 1. The van der Waals surface area contributed by atoms with Gasteiger partial charge in [-0.1, -0.05) is 37.7 Å². The third-order valence-electron chi connectivity index (χ3n) is 4.61. The predicted molar refractivity (Wildman–Crippen MR) is 120 cm³/mol. The van der Waals surface area contributed by atoms with Crippen LogP contribution in [0.1, 0.15) is 26.0 Å². The average Bonchev–Trinajstić information content (AvgIpc) is 3.32. The number of aromatic nitrogens is 5. The number of rotatable bonds is 7. The van der Waals surface area contributed by atoms with E-state index in [1.54, 1.807) is 4.57 Å². The number of fused-ring (bicyclic) bond motifs is 3. The van der Waals surface area contributed by atoms with Crippen LogP contribution >= 0.6 is 23.1 Å². The van der Waals surface area contributed by atoms with Crippen LogP contribution in [0.25, 0.3) is 16.7 Å². The molecule has 0 aliphatic rings. The van der Waals surface area contributed by atoms with Crippen LogP contribution in [-0.4, -0.2) is 35.8 Å². The highest BCUT2D eigenvalue weighted by atomic mass is 32.2. The summed E-state index contributed by atoms with van der Waals surface area (Å²) in [5.74, 6) is 0.957. The molecule has 1 aromatic carbocycles. The van der Waals surface area contributed by atoms with Crippen molar-refractivity contribution in [2.24, 2.45) is 5.92 Å². The molecule has 0 unspecified atom stereocenters. The second kappa shape index (κ2) is 8.57. The van der Waals surface area contributed by atoms with E-state index in [4.69, 9.17) is 0 Å². The van der Waals surface area contributed by atoms with Gasteiger partial charge in [-0.25, -0.2) is 4.98 Å². The van der Waals surface area contributed by atoms with Crippen molar-refractivity contribution in [1.29, 1.82) is 0 Å². The molecule has 3 aromatic heterocycles. The molecule has 0 bridgehead atoms. The number of hydrogen-bond acceptors (Lipinski definition) is 7. The molecule has 10 heteroatoms. The Labute approximate surface area is 181 Å². The number of aryl methyl sites for hydroxylation is 2. The molecular weight excluding hydrogens is 420 g/mol. The summed E-state index contributed by atoms with van der Waals surface area (Å²) in [7, 11) is 0. The summed E-state index contributed by atoms with van der Waals surface area (Å²) in [4.78, 5) is 29.6. The average molecular weight is 443 g/mol. The zero-order valence-corrected chi connectivity index (χ0v) is 18.6. The fraction of sp³-hybridized carbons (Fsp3) is 0.350. The molecule has 0 saturated heterocycles. The van der Waals surface area contributed by atoms with Crippen molar-refractivity contribution in [3.05, 3.63) is 45.7 Å². The van der Waals surface area contributed by atoms with Crippen LogP contribution in [0.3, 0.4) is 0 Å². The number of nitrogens with zero attached hydrogens (tertiary/aromatic N) is 5. The van der Waals surface area contributed by atoms with Crippen LogP contribution < -0.4 is 10.9 Å². The van der Waals surface area contributed by atoms with Gasteiger partial charge in [0.05, 0.1) is 22.3 Å². The van der Waals surface area contributed by atoms with E-state index in [1.807, 2.05) is 41.0 Å². The lowest BCUT2D eigenvalue weighted by Crippen LogP contribution is -2.24. The molecule has 0 spiro atoms. The third-order valence-corrected chi connectivity index (χ3v) is 6.41. The molecule has 156 valence electrons. The molecule has 4 aromatic rings. The molecule has 0 aliphatic carbocycles. The highest BCUT2D eigenvalue weighted by Gasteiger charge is 2.18. The first-order valence-electron chi connectivity index (χ1n) is 9.65. The molecule has 0 fully saturated rings. The largest absolute Gasteiger partial charge is 0.301 e. The summed E-state index contributed by atoms with van der Waals surface area (Å²) in [5.41, 5.74) is 1.54. The van der Waals surface area contributed by atoms with Crippen molar-refractivity contribution >= 4 is 50.8 Å². The third kappa shape index (κ3) is 4.10. The number of carbonyl (C=O) groups is 1. The molecule has 3 heterocycles. The van der Waals surface area contributed by atoms with Gasteiger partial charge in [-0.2, -0.15) is 0 Å². The van der Waals surface area contributed by atoms with Crippen molar-refractivity contribution in [1.82, 2.24) is 24.1 Å². The van der Waals surface area contributed by atoms with Crippen molar-refractivity contribution in [2.75, 3.05) is 11.1 Å². The molecule has 0 radical (unpaired) electrons. The first-order valence-corrected chi connectivity index (χ1v) is 11.5. The maximum absolute atomic E-state index is 13.0. The van der Waals surface area contributed by atoms with Crippen molar-refractivity contribution in [2.45, 2.75) is 38.9 Å². The number of hydrogen-bond donors (Lipinski definition) is 1. The van der Waals surface area contributed by atoms with Gasteiger partial charge < -0.3 is 5.32 Å². The van der Waals surface area contributed by atoms with Gasteiger partial charge in [0, 0.05) is 11.9 Å². The number of amides is 1. The van der Waals surface area contributed by atoms with Gasteiger partial charge in [-0.15, -0.1) is 21.5 Å². The molecule has 4 rings (SSSR count). The first kappa shape index (κ1) is 20.5. The van der Waals surface area contributed by atoms with Gasteiger partial charge in [-0.3, -0.25) is 18.6 Å². The predicted octanol–water partition coefficient (Wildman–Crippen LogP) is 3.59. The molecular formula is C20H22N6O2S2. The van der Waals surface area contributed by atoms with Gasteiger partial charge in [-0.05, 0) is 31.4 Å². The van der Waals surface area contributed by atoms with Gasteiger partial charge in [0.2, 0.25) is 11.7 Å². The summed E-state index contributed by atoms with van der Waals surface area (Å²) in [6.07, 6.45) is 0.860. The number of benzene rings is 1. The number of thioether (sulfide) groups is 1. The maximum Gasteiger partial charge on any atom is 0.262 e. The minimum atomic E-state index is -0.163. The number of nitrogens with one attached hydrogen (secondary N) is 1. The Morgan fingerprint density at radius 1 is 1.27 bits per heavy atom. The van der Waals surface area contributed by atoms with E-state index in [-0.39, 0.29) is 17.2 Å². The zero-order chi connectivity index (χ0) is 21.3. The van der Waals surface area contributed by atoms with Gasteiger partial charge >= 0.3 is 0 Å². The highest BCUT2D eigenvalue weighted by Crippen LogP contribution is 2.22. The van der Waals surface area contributed by atoms with Crippen molar-refractivity contribution in [3.63, 3.8) is 0 Å². The smallest absolute Gasteiger partial charge is 0.262 e. The molecule has 0 atom stereocenters. The van der Waals surface area contributed by atoms with Crippen LogP contribution in [0.4, 0.5) is 5.13 Å². The summed E-state index contributed by atoms with van der Waals surface area (Å²) >= 11 is 2.68. The van der Waals surface area contributed by atoms with Gasteiger partial charge in [0.1, 0.15) is 0 Å². The number of para-hydroxylation sites is 1. The van der Waals surface area contributed by atoms with E-state index < -0.39 is 0 Å². The van der Waals surface area contributed by atoms with Crippen molar-refractivity contribution < 1.29 is 4.79 Å². The van der Waals surface area contributed by atoms with Crippen LogP contribution in [0.15, 0.2) is 39.6 Å². The van der Waals surface area contributed by atoms with Crippen LogP contribution in [0.2, 0.25) is 0 Å². The van der Waals surface area contributed by atoms with Crippen LogP contribution in [0, 0.1) is 12.8 Å². The monoisotopic (exact) mass is 442 g/mol. The SMILES string of the molecule is Cc1csc(NC(=O)CSc2nnc3n(CCC(C)C)c(=O)c4ccccc4n23)n1. The van der Waals surface area contributed by atoms with Crippen LogP contribution in [0.5, 0.6) is 0 Å². The molecule has 0 saturated carbocycles. The van der Waals surface area contributed by atoms with Crippen LogP contribution in [-0.2, 0) is 11.3 Å². The summed E-state index contributed by atoms with van der Waals surface area (Å²) in [6.45, 7) is 6.69. The molecule has 1 N–H and O–H groups in total. The topological polar surface area (TPSA) is 94.2 Å². The minimum Gasteiger partial charge on any atom is -0.301 e. The van der Waals surface area contributed by atoms with E-state index in [0.29, 0.717) is 33.9 Å². The molecule has 8 nitrogen and oxygen atoms in total. The highest BCUT2D eigenvalue weighted by molar-refractivity contribution is 7.99. The standard InChI is InChI=1S/C20H22N6O2S2/c1-12(2)8-9-25-17(28)14-6-4-5-7-15(14)26-19(25)23-24-20(26)30-11-16(27)22-18-21-13(3)10-29-18/h4-7,10,12H,8-9,11H2,1-3H3,(H,21,22,27). The van der Waals surface area contributed by atoms with E-state index in [9.17, 15) is 9.59 Å².